The molecule has 0 aliphatic rings. The molecule has 5 aromatic heterocycles. The summed E-state index contributed by atoms with van der Waals surface area (Å²) in [6.07, 6.45) is 7.47. The van der Waals surface area contributed by atoms with Crippen LogP contribution in [0.4, 0.5) is 0 Å². The van der Waals surface area contributed by atoms with Crippen molar-refractivity contribution in [3.8, 4) is 78.1 Å². The van der Waals surface area contributed by atoms with Gasteiger partial charge in [-0.2, -0.15) is 0 Å². The quantitative estimate of drug-likeness (QED) is 0.163. The van der Waals surface area contributed by atoms with Gasteiger partial charge < -0.3 is 0 Å². The second-order valence-electron chi connectivity index (χ2n) is 13.2. The minimum absolute atomic E-state index is 0.633. The maximum atomic E-state index is 5.28. The number of fused-ring (bicyclic) bond motifs is 3. The highest BCUT2D eigenvalue weighted by Crippen LogP contribution is 2.49. The Morgan fingerprint density at radius 3 is 1.49 bits per heavy atom. The number of thiophene rings is 1. The van der Waals surface area contributed by atoms with Crippen LogP contribution >= 0.6 is 11.3 Å². The summed E-state index contributed by atoms with van der Waals surface area (Å²) in [5.41, 5.74) is 11.4. The van der Waals surface area contributed by atoms with Crippen molar-refractivity contribution in [1.29, 1.82) is 0 Å². The molecule has 6 nitrogen and oxygen atoms in total. The third-order valence-corrected chi connectivity index (χ3v) is 11.0. The molecule has 258 valence electrons. The van der Waals surface area contributed by atoms with Crippen molar-refractivity contribution < 1.29 is 0 Å². The Balaban J connectivity index is 1.04. The topological polar surface area (TPSA) is 77.3 Å². The van der Waals surface area contributed by atoms with Gasteiger partial charge in [0.1, 0.15) is 0 Å². The summed E-state index contributed by atoms with van der Waals surface area (Å²) in [6.45, 7) is 0. The van der Waals surface area contributed by atoms with Gasteiger partial charge in [-0.1, -0.05) is 133 Å². The Morgan fingerprint density at radius 2 is 0.891 bits per heavy atom. The highest BCUT2D eigenvalue weighted by molar-refractivity contribution is 7.23. The molecule has 0 atom stereocenters. The first-order valence-electron chi connectivity index (χ1n) is 18.0. The van der Waals surface area contributed by atoms with Gasteiger partial charge >= 0.3 is 0 Å². The van der Waals surface area contributed by atoms with Crippen molar-refractivity contribution in [2.75, 3.05) is 0 Å². The summed E-state index contributed by atoms with van der Waals surface area (Å²) >= 11 is 1.77. The summed E-state index contributed by atoms with van der Waals surface area (Å²) in [7, 11) is 0. The Hall–Kier alpha value is -7.22. The van der Waals surface area contributed by atoms with Gasteiger partial charge in [0.05, 0.1) is 15.9 Å². The third-order valence-electron chi connectivity index (χ3n) is 9.76. The van der Waals surface area contributed by atoms with Gasteiger partial charge in [0.15, 0.2) is 17.5 Å². The Morgan fingerprint density at radius 1 is 0.364 bits per heavy atom. The smallest absolute Gasteiger partial charge is 0.164 e. The number of pyridine rings is 3. The molecule has 0 amide bonds. The van der Waals surface area contributed by atoms with Gasteiger partial charge in [0.25, 0.3) is 0 Å². The van der Waals surface area contributed by atoms with Gasteiger partial charge in [-0.15, -0.1) is 11.3 Å². The normalized spacial score (nSPS) is 11.3. The lowest BCUT2D eigenvalue weighted by Crippen LogP contribution is -2.00. The predicted octanol–water partition coefficient (Wildman–Crippen LogP) is 12.1. The molecule has 5 heterocycles. The fourth-order valence-corrected chi connectivity index (χ4v) is 8.41. The van der Waals surface area contributed by atoms with E-state index in [0.29, 0.717) is 17.5 Å². The van der Waals surface area contributed by atoms with Gasteiger partial charge in [-0.05, 0) is 41.0 Å². The van der Waals surface area contributed by atoms with E-state index in [1.54, 1.807) is 11.3 Å². The molecule has 10 aromatic rings. The van der Waals surface area contributed by atoms with Crippen LogP contribution in [0, 0.1) is 0 Å². The van der Waals surface area contributed by atoms with Crippen LogP contribution in [0.3, 0.4) is 0 Å². The maximum Gasteiger partial charge on any atom is 0.164 e. The largest absolute Gasteiger partial charge is 0.265 e. The molecule has 0 saturated heterocycles. The summed E-state index contributed by atoms with van der Waals surface area (Å²) in [6, 6.07) is 53.9. The van der Waals surface area contributed by atoms with Crippen molar-refractivity contribution in [3.63, 3.8) is 0 Å². The van der Waals surface area contributed by atoms with Gasteiger partial charge in [0, 0.05) is 73.8 Å². The highest BCUT2D eigenvalue weighted by Gasteiger charge is 2.22. The average Bonchev–Trinajstić information content (AvgIpc) is 3.69. The highest BCUT2D eigenvalue weighted by atomic mass is 32.1. The molecule has 0 spiro atoms. The van der Waals surface area contributed by atoms with Gasteiger partial charge in [-0.25, -0.2) is 19.9 Å². The monoisotopic (exact) mass is 722 g/mol. The van der Waals surface area contributed by atoms with Crippen LogP contribution in [-0.4, -0.2) is 29.9 Å². The van der Waals surface area contributed by atoms with Gasteiger partial charge in [-0.3, -0.25) is 9.97 Å². The lowest BCUT2D eigenvalue weighted by molar-refractivity contribution is 1.07. The third kappa shape index (κ3) is 6.12. The van der Waals surface area contributed by atoms with Crippen molar-refractivity contribution >= 4 is 32.3 Å². The SMILES string of the molecule is c1ccc(-c2nc(-c3ccccc3)nc(-c3ccc(-c4ccc(-c5nc6ccccc6c6c(-c7ccncc7)c(-c7cccnc7)sc56)cc4)cc3)n2)cc1. The summed E-state index contributed by atoms with van der Waals surface area (Å²) in [4.78, 5) is 29.9. The Kier molecular flexibility index (Phi) is 8.24. The van der Waals surface area contributed by atoms with E-state index in [1.807, 2.05) is 91.5 Å². The van der Waals surface area contributed by atoms with Crippen LogP contribution in [0.5, 0.6) is 0 Å². The molecule has 10 rings (SSSR count). The van der Waals surface area contributed by atoms with E-state index < -0.39 is 0 Å². The number of hydrogen-bond donors (Lipinski definition) is 0. The van der Waals surface area contributed by atoms with Crippen molar-refractivity contribution in [2.45, 2.75) is 0 Å². The standard InChI is InChI=1S/C48H30N6S/c1-3-10-35(11-4-1)46-52-47(36-12-5-2-6-13-36)54-48(53-46)37-23-19-32(20-24-37)31-17-21-34(22-18-31)43-45-42(39-15-7-8-16-40(39)51-43)41(33-25-28-49-29-26-33)44(55-45)38-14-9-27-50-30-38/h1-30H. The van der Waals surface area contributed by atoms with E-state index in [2.05, 4.69) is 101 Å². The molecule has 0 fully saturated rings. The first-order chi connectivity index (χ1) is 27.3. The van der Waals surface area contributed by atoms with Crippen LogP contribution in [0.25, 0.3) is 99.1 Å². The molecule has 0 bridgehead atoms. The number of hydrogen-bond acceptors (Lipinski definition) is 7. The van der Waals surface area contributed by atoms with E-state index in [4.69, 9.17) is 19.9 Å². The number of rotatable bonds is 7. The van der Waals surface area contributed by atoms with E-state index >= 15 is 0 Å². The number of benzene rings is 5. The van der Waals surface area contributed by atoms with Crippen molar-refractivity contribution in [3.05, 3.63) is 183 Å². The molecule has 0 radical (unpaired) electrons. The van der Waals surface area contributed by atoms with E-state index in [9.17, 15) is 0 Å². The summed E-state index contributed by atoms with van der Waals surface area (Å²) in [5, 5.41) is 2.32. The van der Waals surface area contributed by atoms with E-state index in [1.165, 1.54) is 10.9 Å². The first-order valence-corrected chi connectivity index (χ1v) is 18.8. The maximum absolute atomic E-state index is 5.28. The Bertz CT molecular complexity index is 2880. The molecule has 0 aliphatic heterocycles. The number of nitrogens with zero attached hydrogens (tertiary/aromatic N) is 6. The second-order valence-corrected chi connectivity index (χ2v) is 14.2. The van der Waals surface area contributed by atoms with Crippen LogP contribution < -0.4 is 0 Å². The zero-order chi connectivity index (χ0) is 36.6. The molecule has 0 N–H and O–H groups in total. The van der Waals surface area contributed by atoms with Crippen LogP contribution in [0.1, 0.15) is 0 Å². The van der Waals surface area contributed by atoms with Crippen LogP contribution in [0.15, 0.2) is 183 Å². The fourth-order valence-electron chi connectivity index (χ4n) is 7.07. The first kappa shape index (κ1) is 32.4. The molecule has 0 aliphatic carbocycles. The zero-order valence-electron chi connectivity index (χ0n) is 29.4. The minimum atomic E-state index is 0.633. The lowest BCUT2D eigenvalue weighted by atomic mass is 9.96. The van der Waals surface area contributed by atoms with Crippen LogP contribution in [0.2, 0.25) is 0 Å². The van der Waals surface area contributed by atoms with Gasteiger partial charge in [0.2, 0.25) is 0 Å². The van der Waals surface area contributed by atoms with E-state index in [0.717, 1.165) is 70.7 Å². The molecular formula is C48H30N6S. The zero-order valence-corrected chi connectivity index (χ0v) is 30.2. The molecular weight excluding hydrogens is 693 g/mol. The fraction of sp³-hybridized carbons (Fsp3) is 0. The number of para-hydroxylation sites is 1. The molecule has 5 aromatic carbocycles. The van der Waals surface area contributed by atoms with Crippen molar-refractivity contribution in [1.82, 2.24) is 29.9 Å². The van der Waals surface area contributed by atoms with Crippen molar-refractivity contribution in [2.24, 2.45) is 0 Å². The summed E-state index contributed by atoms with van der Waals surface area (Å²) < 4.78 is 1.14. The Labute approximate surface area is 321 Å². The molecule has 55 heavy (non-hydrogen) atoms. The second kappa shape index (κ2) is 14.0. The lowest BCUT2D eigenvalue weighted by Gasteiger charge is -2.10. The predicted molar refractivity (Wildman–Crippen MR) is 224 cm³/mol. The molecule has 0 saturated carbocycles. The minimum Gasteiger partial charge on any atom is -0.265 e. The van der Waals surface area contributed by atoms with Crippen LogP contribution in [-0.2, 0) is 0 Å². The summed E-state index contributed by atoms with van der Waals surface area (Å²) in [5.74, 6) is 1.92. The van der Waals surface area contributed by atoms with E-state index in [-0.39, 0.29) is 0 Å². The molecule has 7 heteroatoms. The number of aromatic nitrogens is 6. The average molecular weight is 723 g/mol. The molecule has 0 unspecified atom stereocenters.